The highest BCUT2D eigenvalue weighted by atomic mass is 35.5. The zero-order chi connectivity index (χ0) is 25.2. The van der Waals surface area contributed by atoms with Crippen LogP contribution in [0, 0.1) is 6.92 Å². The summed E-state index contributed by atoms with van der Waals surface area (Å²) in [6.07, 6.45) is -2.01. The molecule has 1 atom stereocenters. The van der Waals surface area contributed by atoms with Gasteiger partial charge in [-0.2, -0.15) is 13.2 Å². The number of nitrogens with zero attached hydrogens (tertiary/aromatic N) is 2. The van der Waals surface area contributed by atoms with Gasteiger partial charge in [0, 0.05) is 37.3 Å². The number of carbonyl (C=O) groups is 1. The summed E-state index contributed by atoms with van der Waals surface area (Å²) in [5.74, 6) is -0.456. The number of aromatic nitrogens is 1. The Morgan fingerprint density at radius 2 is 1.83 bits per heavy atom. The third-order valence-electron chi connectivity index (χ3n) is 6.45. The normalized spacial score (nSPS) is 16.0. The maximum Gasteiger partial charge on any atom is 0.431 e. The fraction of sp³-hybridized carbons (Fsp3) is 0.370. The molecule has 1 aliphatic rings. The lowest BCUT2D eigenvalue weighted by molar-refractivity contribution is -0.143. The molecular formula is C27H28ClF3N2O2. The molecule has 1 amide bonds. The molecule has 35 heavy (non-hydrogen) atoms. The van der Waals surface area contributed by atoms with Gasteiger partial charge in [0.1, 0.15) is 11.4 Å². The summed E-state index contributed by atoms with van der Waals surface area (Å²) in [4.78, 5) is 15.3. The van der Waals surface area contributed by atoms with E-state index in [1.165, 1.54) is 11.8 Å². The second kappa shape index (κ2) is 10.5. The molecule has 0 aliphatic carbocycles. The highest BCUT2D eigenvalue weighted by Crippen LogP contribution is 2.42. The first-order chi connectivity index (χ1) is 16.7. The zero-order valence-electron chi connectivity index (χ0n) is 19.7. The molecule has 2 heterocycles. The topological polar surface area (TPSA) is 34.5 Å². The lowest BCUT2D eigenvalue weighted by Gasteiger charge is -2.22. The molecule has 0 N–H and O–H groups in total. The van der Waals surface area contributed by atoms with Crippen molar-refractivity contribution in [2.75, 3.05) is 20.2 Å². The van der Waals surface area contributed by atoms with Gasteiger partial charge in [0.25, 0.3) is 5.91 Å². The maximum absolute atomic E-state index is 14.4. The fourth-order valence-electron chi connectivity index (χ4n) is 4.72. The van der Waals surface area contributed by atoms with E-state index in [0.717, 1.165) is 17.4 Å². The van der Waals surface area contributed by atoms with Crippen molar-refractivity contribution < 1.29 is 22.7 Å². The number of halogens is 4. The van der Waals surface area contributed by atoms with Gasteiger partial charge in [-0.1, -0.05) is 54.1 Å². The third kappa shape index (κ3) is 5.57. The number of carbonyl (C=O) groups excluding carboxylic acids is 1. The second-order valence-electron chi connectivity index (χ2n) is 8.92. The lowest BCUT2D eigenvalue weighted by Crippen LogP contribution is -2.32. The van der Waals surface area contributed by atoms with Crippen molar-refractivity contribution in [1.29, 1.82) is 0 Å². The molecule has 4 nitrogen and oxygen atoms in total. The van der Waals surface area contributed by atoms with E-state index >= 15 is 0 Å². The van der Waals surface area contributed by atoms with Crippen molar-refractivity contribution in [2.24, 2.45) is 0 Å². The van der Waals surface area contributed by atoms with Gasteiger partial charge in [-0.15, -0.1) is 0 Å². The first-order valence-electron chi connectivity index (χ1n) is 11.6. The van der Waals surface area contributed by atoms with E-state index in [2.05, 4.69) is 0 Å². The molecule has 4 rings (SSSR count). The number of ether oxygens (including phenoxy) is 1. The monoisotopic (exact) mass is 504 g/mol. The average Bonchev–Trinajstić information content (AvgIpc) is 3.44. The van der Waals surface area contributed by atoms with E-state index in [9.17, 15) is 18.0 Å². The molecule has 0 bridgehead atoms. The van der Waals surface area contributed by atoms with Crippen molar-refractivity contribution in [3.8, 4) is 11.1 Å². The van der Waals surface area contributed by atoms with Crippen LogP contribution in [0.4, 0.5) is 13.2 Å². The van der Waals surface area contributed by atoms with Crippen molar-refractivity contribution in [2.45, 2.75) is 45.0 Å². The van der Waals surface area contributed by atoms with Gasteiger partial charge in [0.15, 0.2) is 0 Å². The van der Waals surface area contributed by atoms with Crippen molar-refractivity contribution in [3.05, 3.63) is 82.1 Å². The number of hydrogen-bond acceptors (Lipinski definition) is 2. The molecule has 1 fully saturated rings. The standard InChI is InChI=1S/C27H28ClF3N2O2/c1-18-23(20-10-12-21(28)13-11-20)24(26(34)32(2)15-14-22-9-6-16-35-22)33(25(18)27(29,30)31)17-19-7-4-3-5-8-19/h3-5,7-8,10-13,22H,6,9,14-17H2,1-2H3. The Hall–Kier alpha value is -2.77. The number of benzene rings is 2. The highest BCUT2D eigenvalue weighted by molar-refractivity contribution is 6.30. The molecule has 1 aliphatic heterocycles. The van der Waals surface area contributed by atoms with Crippen LogP contribution >= 0.6 is 11.6 Å². The fourth-order valence-corrected chi connectivity index (χ4v) is 4.85. The highest BCUT2D eigenvalue weighted by Gasteiger charge is 2.41. The van der Waals surface area contributed by atoms with Crippen LogP contribution in [0.1, 0.15) is 46.6 Å². The second-order valence-corrected chi connectivity index (χ2v) is 9.36. The van der Waals surface area contributed by atoms with Gasteiger partial charge in [-0.3, -0.25) is 4.79 Å². The van der Waals surface area contributed by atoms with Crippen LogP contribution in [0.25, 0.3) is 11.1 Å². The first kappa shape index (κ1) is 25.3. The predicted molar refractivity (Wildman–Crippen MR) is 131 cm³/mol. The molecular weight excluding hydrogens is 477 g/mol. The molecule has 1 aromatic heterocycles. The summed E-state index contributed by atoms with van der Waals surface area (Å²) in [6, 6.07) is 15.4. The SMILES string of the molecule is Cc1c(-c2ccc(Cl)cc2)c(C(=O)N(C)CCC2CCCO2)n(Cc2ccccc2)c1C(F)(F)F. The van der Waals surface area contributed by atoms with E-state index in [4.69, 9.17) is 16.3 Å². The van der Waals surface area contributed by atoms with Gasteiger partial charge < -0.3 is 14.2 Å². The smallest absolute Gasteiger partial charge is 0.378 e. The summed E-state index contributed by atoms with van der Waals surface area (Å²) >= 11 is 6.04. The number of amides is 1. The van der Waals surface area contributed by atoms with E-state index in [1.54, 1.807) is 61.6 Å². The van der Waals surface area contributed by atoms with Gasteiger partial charge >= 0.3 is 6.18 Å². The van der Waals surface area contributed by atoms with Gasteiger partial charge in [-0.05, 0) is 55.0 Å². The van der Waals surface area contributed by atoms with Crippen LogP contribution in [-0.2, 0) is 17.5 Å². The Balaban J connectivity index is 1.84. The summed E-state index contributed by atoms with van der Waals surface area (Å²) < 4.78 is 50.0. The molecule has 1 unspecified atom stereocenters. The van der Waals surface area contributed by atoms with Crippen LogP contribution in [0.2, 0.25) is 5.02 Å². The van der Waals surface area contributed by atoms with Crippen LogP contribution in [0.3, 0.4) is 0 Å². The average molecular weight is 505 g/mol. The number of rotatable bonds is 7. The number of alkyl halides is 3. The third-order valence-corrected chi connectivity index (χ3v) is 6.70. The summed E-state index contributed by atoms with van der Waals surface area (Å²) in [5.41, 5.74) is 0.690. The molecule has 3 aromatic rings. The largest absolute Gasteiger partial charge is 0.431 e. The Bertz CT molecular complexity index is 1170. The van der Waals surface area contributed by atoms with E-state index in [0.29, 0.717) is 35.7 Å². The Morgan fingerprint density at radius 3 is 2.43 bits per heavy atom. The van der Waals surface area contributed by atoms with Gasteiger partial charge in [0.05, 0.1) is 6.10 Å². The minimum absolute atomic E-state index is 0.0200. The van der Waals surface area contributed by atoms with Gasteiger partial charge in [0.2, 0.25) is 0 Å². The minimum atomic E-state index is -4.64. The summed E-state index contributed by atoms with van der Waals surface area (Å²) in [7, 11) is 1.63. The van der Waals surface area contributed by atoms with Gasteiger partial charge in [-0.25, -0.2) is 0 Å². The molecule has 0 spiro atoms. The Morgan fingerprint density at radius 1 is 1.14 bits per heavy atom. The molecule has 2 aromatic carbocycles. The quantitative estimate of drug-likeness (QED) is 0.353. The molecule has 8 heteroatoms. The Labute approximate surface area is 208 Å². The van der Waals surface area contributed by atoms with Crippen LogP contribution in [-0.4, -0.2) is 41.7 Å². The first-order valence-corrected chi connectivity index (χ1v) is 12.0. The van der Waals surface area contributed by atoms with E-state index in [-0.39, 0.29) is 29.5 Å². The van der Waals surface area contributed by atoms with Crippen LogP contribution < -0.4 is 0 Å². The molecule has 186 valence electrons. The summed E-state index contributed by atoms with van der Waals surface area (Å²) in [5, 5.41) is 0.465. The van der Waals surface area contributed by atoms with E-state index < -0.39 is 17.8 Å². The number of hydrogen-bond donors (Lipinski definition) is 0. The molecule has 1 saturated heterocycles. The van der Waals surface area contributed by atoms with E-state index in [1.807, 2.05) is 0 Å². The predicted octanol–water partition coefficient (Wildman–Crippen LogP) is 6.83. The van der Waals surface area contributed by atoms with Crippen molar-refractivity contribution >= 4 is 17.5 Å². The van der Waals surface area contributed by atoms with Crippen LogP contribution in [0.5, 0.6) is 0 Å². The lowest BCUT2D eigenvalue weighted by atomic mass is 10.00. The Kier molecular flexibility index (Phi) is 7.57. The zero-order valence-corrected chi connectivity index (χ0v) is 20.5. The van der Waals surface area contributed by atoms with Crippen molar-refractivity contribution in [1.82, 2.24) is 9.47 Å². The molecule has 0 saturated carbocycles. The maximum atomic E-state index is 14.4. The molecule has 0 radical (unpaired) electrons. The summed E-state index contributed by atoms with van der Waals surface area (Å²) in [6.45, 7) is 2.44. The minimum Gasteiger partial charge on any atom is -0.378 e. The van der Waals surface area contributed by atoms with Crippen molar-refractivity contribution in [3.63, 3.8) is 0 Å². The van der Waals surface area contributed by atoms with Crippen LogP contribution in [0.15, 0.2) is 54.6 Å².